The maximum atomic E-state index is 6.53. The summed E-state index contributed by atoms with van der Waals surface area (Å²) < 4.78 is 6.53. The molecule has 1 nitrogen and oxygen atoms in total. The van der Waals surface area contributed by atoms with Gasteiger partial charge in [-0.3, -0.25) is 0 Å². The lowest BCUT2D eigenvalue weighted by Crippen LogP contribution is -2.04. The highest BCUT2D eigenvalue weighted by molar-refractivity contribution is 6.28. The van der Waals surface area contributed by atoms with Crippen molar-refractivity contribution in [1.82, 2.24) is 0 Å². The summed E-state index contributed by atoms with van der Waals surface area (Å²) in [4.78, 5) is 0. The molecule has 258 valence electrons. The van der Waals surface area contributed by atoms with Crippen molar-refractivity contribution in [3.63, 3.8) is 0 Å². The Bertz CT molecular complexity index is 2860. The first kappa shape index (κ1) is 33.0. The van der Waals surface area contributed by atoms with Crippen molar-refractivity contribution >= 4 is 43.5 Å². The van der Waals surface area contributed by atoms with Crippen LogP contribution < -0.4 is 0 Å². The summed E-state index contributed by atoms with van der Waals surface area (Å²) in [5.74, 6) is 0. The average Bonchev–Trinajstić information content (AvgIpc) is 3.59. The van der Waals surface area contributed by atoms with Gasteiger partial charge < -0.3 is 4.42 Å². The number of aryl methyl sites for hydroxylation is 4. The Kier molecular flexibility index (Phi) is 7.68. The van der Waals surface area contributed by atoms with Crippen LogP contribution in [0.1, 0.15) is 44.5 Å². The molecule has 0 N–H and O–H groups in total. The number of benzene rings is 8. The summed E-state index contributed by atoms with van der Waals surface area (Å²) in [6, 6.07) is 44.0. The first-order chi connectivity index (χ1) is 25.7. The van der Waals surface area contributed by atoms with E-state index < -0.39 is 0 Å². The Morgan fingerprint density at radius 2 is 0.774 bits per heavy atom. The van der Waals surface area contributed by atoms with Crippen molar-refractivity contribution in [3.8, 4) is 44.5 Å². The largest absolute Gasteiger partial charge is 0.456 e. The summed E-state index contributed by atoms with van der Waals surface area (Å²) in [6.45, 7) is 18.6. The predicted octanol–water partition coefficient (Wildman–Crippen LogP) is 15.0. The van der Waals surface area contributed by atoms with Gasteiger partial charge in [0.25, 0.3) is 0 Å². The van der Waals surface area contributed by atoms with E-state index in [0.717, 1.165) is 16.6 Å². The molecule has 53 heavy (non-hydrogen) atoms. The molecule has 9 aromatic rings. The molecule has 0 spiro atoms. The van der Waals surface area contributed by atoms with Gasteiger partial charge in [0.05, 0.1) is 0 Å². The first-order valence-corrected chi connectivity index (χ1v) is 18.8. The van der Waals surface area contributed by atoms with Crippen molar-refractivity contribution in [2.75, 3.05) is 0 Å². The SMILES string of the molecule is Cc1c(C)c(C)c2c(-c3cccc4oc5ccccc5c34)c3c(C)c(C)c(C)c(C)c3c(-c3ccc(-c4ccccc4)c(-c4ccccc4)c3)c2c1C. The second-order valence-electron chi connectivity index (χ2n) is 15.0. The van der Waals surface area contributed by atoms with E-state index in [9.17, 15) is 0 Å². The maximum absolute atomic E-state index is 6.53. The van der Waals surface area contributed by atoms with Crippen molar-refractivity contribution in [3.05, 3.63) is 166 Å². The molecular formula is C52H44O. The minimum atomic E-state index is 0.923. The van der Waals surface area contributed by atoms with Crippen LogP contribution >= 0.6 is 0 Å². The van der Waals surface area contributed by atoms with E-state index >= 15 is 0 Å². The molecular weight excluding hydrogens is 641 g/mol. The average molecular weight is 685 g/mol. The van der Waals surface area contributed by atoms with Gasteiger partial charge in [0.1, 0.15) is 11.2 Å². The molecule has 0 aliphatic carbocycles. The Balaban J connectivity index is 1.54. The van der Waals surface area contributed by atoms with Crippen molar-refractivity contribution < 1.29 is 4.42 Å². The number of furan rings is 1. The van der Waals surface area contributed by atoms with Crippen molar-refractivity contribution in [2.45, 2.75) is 55.4 Å². The third kappa shape index (κ3) is 4.84. The van der Waals surface area contributed by atoms with Gasteiger partial charge in [-0.2, -0.15) is 0 Å². The summed E-state index contributed by atoms with van der Waals surface area (Å²) in [5.41, 5.74) is 22.7. The first-order valence-electron chi connectivity index (χ1n) is 18.8. The predicted molar refractivity (Wildman–Crippen MR) is 228 cm³/mol. The molecule has 1 aromatic heterocycles. The monoisotopic (exact) mass is 684 g/mol. The van der Waals surface area contributed by atoms with E-state index in [1.807, 2.05) is 0 Å². The smallest absolute Gasteiger partial charge is 0.136 e. The zero-order valence-electron chi connectivity index (χ0n) is 32.0. The fraction of sp³-hybridized carbons (Fsp3) is 0.154. The zero-order chi connectivity index (χ0) is 36.7. The molecule has 8 aromatic carbocycles. The number of fused-ring (bicyclic) bond motifs is 5. The van der Waals surface area contributed by atoms with Gasteiger partial charge in [-0.25, -0.2) is 0 Å². The molecule has 0 saturated carbocycles. The second-order valence-corrected chi connectivity index (χ2v) is 15.0. The molecule has 0 aliphatic heterocycles. The van der Waals surface area contributed by atoms with Crippen LogP contribution in [0.4, 0.5) is 0 Å². The molecule has 1 heteroatoms. The minimum Gasteiger partial charge on any atom is -0.456 e. The Hall–Kier alpha value is -5.92. The van der Waals surface area contributed by atoms with Gasteiger partial charge in [0.15, 0.2) is 0 Å². The van der Waals surface area contributed by atoms with Crippen molar-refractivity contribution in [1.29, 1.82) is 0 Å². The highest BCUT2D eigenvalue weighted by atomic mass is 16.3. The van der Waals surface area contributed by atoms with Crippen LogP contribution in [0.2, 0.25) is 0 Å². The summed E-state index contributed by atoms with van der Waals surface area (Å²) in [7, 11) is 0. The fourth-order valence-corrected chi connectivity index (χ4v) is 9.09. The topological polar surface area (TPSA) is 13.1 Å². The van der Waals surface area contributed by atoms with Gasteiger partial charge in [0, 0.05) is 10.8 Å². The third-order valence-electron chi connectivity index (χ3n) is 12.5. The molecule has 0 amide bonds. The Labute approximate surface area is 312 Å². The number of hydrogen-bond acceptors (Lipinski definition) is 1. The quantitative estimate of drug-likeness (QED) is 0.168. The van der Waals surface area contributed by atoms with Gasteiger partial charge in [0.2, 0.25) is 0 Å². The molecule has 1 heterocycles. The highest BCUT2D eigenvalue weighted by Crippen LogP contribution is 2.53. The zero-order valence-corrected chi connectivity index (χ0v) is 32.0. The van der Waals surface area contributed by atoms with Crippen molar-refractivity contribution in [2.24, 2.45) is 0 Å². The summed E-state index contributed by atoms with van der Waals surface area (Å²) in [5, 5.41) is 7.70. The second kappa shape index (κ2) is 12.3. The normalized spacial score (nSPS) is 11.8. The lowest BCUT2D eigenvalue weighted by molar-refractivity contribution is 0.669. The number of rotatable bonds is 4. The standard InChI is InChI=1S/C52H44O/c1-29-31(3)35(7)48-46(33(29)5)50(39-26-27-40(37-18-11-9-12-19-37)43(28-39)38-20-13-10-14-21-38)47-34(6)30(2)32(4)36(8)49(47)52(48)42-23-17-25-45-51(42)41-22-15-16-24-44(41)53-45/h9-28H,1-8H3. The lowest BCUT2D eigenvalue weighted by Gasteiger charge is -2.27. The van der Waals surface area contributed by atoms with Crippen LogP contribution in [0.5, 0.6) is 0 Å². The van der Waals surface area contributed by atoms with Gasteiger partial charge >= 0.3 is 0 Å². The van der Waals surface area contributed by atoms with E-state index in [0.29, 0.717) is 0 Å². The van der Waals surface area contributed by atoms with Crippen LogP contribution in [0, 0.1) is 55.4 Å². The van der Waals surface area contributed by atoms with Crippen LogP contribution in [-0.4, -0.2) is 0 Å². The Morgan fingerprint density at radius 1 is 0.302 bits per heavy atom. The molecule has 0 atom stereocenters. The van der Waals surface area contributed by atoms with E-state index in [-0.39, 0.29) is 0 Å². The van der Waals surface area contributed by atoms with Crippen LogP contribution in [0.15, 0.2) is 126 Å². The van der Waals surface area contributed by atoms with Gasteiger partial charge in [-0.05, 0) is 184 Å². The van der Waals surface area contributed by atoms with E-state index in [2.05, 4.69) is 177 Å². The van der Waals surface area contributed by atoms with Gasteiger partial charge in [-0.1, -0.05) is 103 Å². The van der Waals surface area contributed by atoms with E-state index in [1.165, 1.54) is 116 Å². The van der Waals surface area contributed by atoms with E-state index in [1.54, 1.807) is 0 Å². The molecule has 0 unspecified atom stereocenters. The molecule has 0 bridgehead atoms. The maximum Gasteiger partial charge on any atom is 0.136 e. The fourth-order valence-electron chi connectivity index (χ4n) is 9.09. The van der Waals surface area contributed by atoms with Crippen LogP contribution in [-0.2, 0) is 0 Å². The highest BCUT2D eigenvalue weighted by Gasteiger charge is 2.27. The lowest BCUT2D eigenvalue weighted by atomic mass is 9.76. The Morgan fingerprint density at radius 3 is 1.34 bits per heavy atom. The van der Waals surface area contributed by atoms with Crippen LogP contribution in [0.25, 0.3) is 88.0 Å². The number of para-hydroxylation sites is 1. The molecule has 0 saturated heterocycles. The van der Waals surface area contributed by atoms with Gasteiger partial charge in [-0.15, -0.1) is 0 Å². The summed E-state index contributed by atoms with van der Waals surface area (Å²) >= 11 is 0. The number of hydrogen-bond donors (Lipinski definition) is 0. The molecule has 0 fully saturated rings. The summed E-state index contributed by atoms with van der Waals surface area (Å²) in [6.07, 6.45) is 0. The molecule has 0 radical (unpaired) electrons. The van der Waals surface area contributed by atoms with Crippen LogP contribution in [0.3, 0.4) is 0 Å². The molecule has 0 aliphatic rings. The third-order valence-corrected chi connectivity index (χ3v) is 12.5. The van der Waals surface area contributed by atoms with E-state index in [4.69, 9.17) is 4.42 Å². The molecule has 9 rings (SSSR count). The minimum absolute atomic E-state index is 0.923.